The number of hydrogen-bond donors (Lipinski definition) is 0. The highest BCUT2D eigenvalue weighted by Crippen LogP contribution is 2.33. The van der Waals surface area contributed by atoms with Crippen molar-refractivity contribution in [3.05, 3.63) is 96.1 Å². The van der Waals surface area contributed by atoms with E-state index in [-0.39, 0.29) is 50.8 Å². The molecule has 38 heavy (non-hydrogen) atoms. The molecule has 0 amide bonds. The number of ether oxygens (including phenoxy) is 4. The van der Waals surface area contributed by atoms with Gasteiger partial charge < -0.3 is 18.9 Å². The Labute approximate surface area is 223 Å². The smallest absolute Gasteiger partial charge is 0.324 e. The molecule has 0 saturated carbocycles. The Kier molecular flexibility index (Phi) is 12.0. The molecule has 0 radical (unpaired) electrons. The largest absolute Gasteiger partial charge is 0.469 e. The van der Waals surface area contributed by atoms with Gasteiger partial charge in [-0.2, -0.15) is 0 Å². The van der Waals surface area contributed by atoms with Gasteiger partial charge in [-0.3, -0.25) is 19.2 Å². The van der Waals surface area contributed by atoms with Crippen molar-refractivity contribution < 1.29 is 38.1 Å². The van der Waals surface area contributed by atoms with E-state index in [1.807, 2.05) is 12.1 Å². The quantitative estimate of drug-likeness (QED) is 0.151. The molecule has 0 spiro atoms. The van der Waals surface area contributed by atoms with Gasteiger partial charge in [0.2, 0.25) is 0 Å². The SMILES string of the molecule is C=CCOC(=O)C(CCc1ccc(CC(=O)OC)cc1)(Cc1ccc(CC(=O)OC)cc1)C(=O)OCC=C. The summed E-state index contributed by atoms with van der Waals surface area (Å²) in [5.74, 6) is -2.14. The summed E-state index contributed by atoms with van der Waals surface area (Å²) >= 11 is 0. The van der Waals surface area contributed by atoms with Gasteiger partial charge in [0, 0.05) is 0 Å². The van der Waals surface area contributed by atoms with Crippen LogP contribution in [0, 0.1) is 5.41 Å². The van der Waals surface area contributed by atoms with E-state index in [1.54, 1.807) is 36.4 Å². The second kappa shape index (κ2) is 15.1. The van der Waals surface area contributed by atoms with Crippen LogP contribution in [0.3, 0.4) is 0 Å². The van der Waals surface area contributed by atoms with Crippen LogP contribution in [0.5, 0.6) is 0 Å². The zero-order valence-corrected chi connectivity index (χ0v) is 21.9. The van der Waals surface area contributed by atoms with Crippen LogP contribution in [0.15, 0.2) is 73.8 Å². The van der Waals surface area contributed by atoms with E-state index >= 15 is 0 Å². The minimum atomic E-state index is -1.64. The summed E-state index contributed by atoms with van der Waals surface area (Å²) in [6.07, 6.45) is 3.62. The molecule has 8 heteroatoms. The van der Waals surface area contributed by atoms with E-state index in [9.17, 15) is 19.2 Å². The fourth-order valence-electron chi connectivity index (χ4n) is 3.85. The third-order valence-electron chi connectivity index (χ3n) is 5.99. The number of carbonyl (C=O) groups is 4. The van der Waals surface area contributed by atoms with Crippen LogP contribution in [-0.2, 0) is 63.8 Å². The van der Waals surface area contributed by atoms with Crippen LogP contribution < -0.4 is 0 Å². The van der Waals surface area contributed by atoms with E-state index in [0.717, 1.165) is 16.7 Å². The third kappa shape index (κ3) is 8.73. The van der Waals surface area contributed by atoms with Gasteiger partial charge in [0.1, 0.15) is 13.2 Å². The van der Waals surface area contributed by atoms with E-state index in [0.29, 0.717) is 12.0 Å². The maximum atomic E-state index is 13.4. The van der Waals surface area contributed by atoms with Gasteiger partial charge >= 0.3 is 23.9 Å². The molecule has 0 fully saturated rings. The molecule has 0 aliphatic rings. The molecule has 2 rings (SSSR count). The van der Waals surface area contributed by atoms with Crippen LogP contribution in [0.25, 0.3) is 0 Å². The summed E-state index contributed by atoms with van der Waals surface area (Å²) in [4.78, 5) is 50.0. The highest BCUT2D eigenvalue weighted by Gasteiger charge is 2.48. The zero-order valence-electron chi connectivity index (χ0n) is 21.9. The molecular weight excluding hydrogens is 488 g/mol. The highest BCUT2D eigenvalue weighted by atomic mass is 16.6. The molecule has 0 aliphatic carbocycles. The lowest BCUT2D eigenvalue weighted by Crippen LogP contribution is -2.44. The number of aryl methyl sites for hydroxylation is 1. The first kappa shape index (κ1) is 30.0. The van der Waals surface area contributed by atoms with Gasteiger partial charge in [0.25, 0.3) is 0 Å². The van der Waals surface area contributed by atoms with Crippen LogP contribution in [0.1, 0.15) is 28.7 Å². The highest BCUT2D eigenvalue weighted by molar-refractivity contribution is 6.00. The van der Waals surface area contributed by atoms with Gasteiger partial charge in [0.15, 0.2) is 5.41 Å². The van der Waals surface area contributed by atoms with Gasteiger partial charge in [-0.25, -0.2) is 0 Å². The van der Waals surface area contributed by atoms with Crippen LogP contribution >= 0.6 is 0 Å². The molecule has 0 aliphatic heterocycles. The molecule has 0 aromatic heterocycles. The van der Waals surface area contributed by atoms with Crippen LogP contribution in [0.2, 0.25) is 0 Å². The lowest BCUT2D eigenvalue weighted by atomic mass is 9.76. The van der Waals surface area contributed by atoms with Crippen molar-refractivity contribution in [3.8, 4) is 0 Å². The van der Waals surface area contributed by atoms with Crippen molar-refractivity contribution in [2.75, 3.05) is 27.4 Å². The molecule has 0 atom stereocenters. The molecule has 202 valence electrons. The average molecular weight is 523 g/mol. The van der Waals surface area contributed by atoms with Crippen molar-refractivity contribution in [1.82, 2.24) is 0 Å². The summed E-state index contributed by atoms with van der Waals surface area (Å²) in [5.41, 5.74) is 1.44. The van der Waals surface area contributed by atoms with Crippen LogP contribution in [0.4, 0.5) is 0 Å². The molecule has 0 bridgehead atoms. The Morgan fingerprint density at radius 1 is 0.684 bits per heavy atom. The molecule has 8 nitrogen and oxygen atoms in total. The number of esters is 4. The summed E-state index contributed by atoms with van der Waals surface area (Å²) in [6.45, 7) is 7.05. The summed E-state index contributed by atoms with van der Waals surface area (Å²) < 4.78 is 20.2. The molecular formula is C30H34O8. The summed E-state index contributed by atoms with van der Waals surface area (Å²) in [7, 11) is 2.65. The van der Waals surface area contributed by atoms with E-state index in [4.69, 9.17) is 18.9 Å². The van der Waals surface area contributed by atoms with Gasteiger partial charge in [0.05, 0.1) is 27.1 Å². The minimum absolute atomic E-state index is 0.0257. The first-order valence-electron chi connectivity index (χ1n) is 12.1. The normalized spacial score (nSPS) is 10.7. The average Bonchev–Trinajstić information content (AvgIpc) is 2.94. The monoisotopic (exact) mass is 522 g/mol. The fraction of sp³-hybridized carbons (Fsp3) is 0.333. The van der Waals surface area contributed by atoms with Crippen LogP contribution in [-0.4, -0.2) is 51.3 Å². The lowest BCUT2D eigenvalue weighted by Gasteiger charge is -2.29. The number of methoxy groups -OCH3 is 2. The molecule has 0 heterocycles. The molecule has 2 aromatic carbocycles. The van der Waals surface area contributed by atoms with Crippen molar-refractivity contribution in [1.29, 1.82) is 0 Å². The Morgan fingerprint density at radius 2 is 1.08 bits per heavy atom. The Balaban J connectivity index is 2.37. The fourth-order valence-corrected chi connectivity index (χ4v) is 3.85. The first-order chi connectivity index (χ1) is 18.3. The van der Waals surface area contributed by atoms with E-state index in [1.165, 1.54) is 26.4 Å². The summed E-state index contributed by atoms with van der Waals surface area (Å²) in [6, 6.07) is 14.3. The Bertz CT molecular complexity index is 1090. The summed E-state index contributed by atoms with van der Waals surface area (Å²) in [5, 5.41) is 0. The molecule has 2 aromatic rings. The van der Waals surface area contributed by atoms with Crippen molar-refractivity contribution in [3.63, 3.8) is 0 Å². The number of carbonyl (C=O) groups excluding carboxylic acids is 4. The first-order valence-corrected chi connectivity index (χ1v) is 12.1. The van der Waals surface area contributed by atoms with E-state index in [2.05, 4.69) is 13.2 Å². The van der Waals surface area contributed by atoms with Gasteiger partial charge in [-0.1, -0.05) is 73.8 Å². The van der Waals surface area contributed by atoms with E-state index < -0.39 is 17.4 Å². The Morgan fingerprint density at radius 3 is 1.47 bits per heavy atom. The Hall–Kier alpha value is -4.20. The van der Waals surface area contributed by atoms with Gasteiger partial charge in [-0.05, 0) is 41.5 Å². The third-order valence-corrected chi connectivity index (χ3v) is 5.99. The predicted molar refractivity (Wildman–Crippen MR) is 141 cm³/mol. The number of rotatable bonds is 15. The van der Waals surface area contributed by atoms with Crippen molar-refractivity contribution in [2.45, 2.75) is 32.1 Å². The maximum Gasteiger partial charge on any atom is 0.324 e. The number of hydrogen-bond acceptors (Lipinski definition) is 8. The van der Waals surface area contributed by atoms with Gasteiger partial charge in [-0.15, -0.1) is 0 Å². The molecule has 0 unspecified atom stereocenters. The molecule has 0 N–H and O–H groups in total. The van der Waals surface area contributed by atoms with Crippen molar-refractivity contribution >= 4 is 23.9 Å². The second-order valence-electron chi connectivity index (χ2n) is 8.67. The second-order valence-corrected chi connectivity index (χ2v) is 8.67. The number of benzene rings is 2. The zero-order chi connectivity index (χ0) is 28.0. The lowest BCUT2D eigenvalue weighted by molar-refractivity contribution is -0.172. The maximum absolute atomic E-state index is 13.4. The topological polar surface area (TPSA) is 105 Å². The minimum Gasteiger partial charge on any atom is -0.469 e. The van der Waals surface area contributed by atoms with Crippen molar-refractivity contribution in [2.24, 2.45) is 5.41 Å². The molecule has 0 saturated heterocycles. The standard InChI is InChI=1S/C30H34O8/c1-5-17-37-28(33)30(29(34)38-18-6-2,21-25-13-11-24(12-14-25)20-27(32)36-4)16-15-22-7-9-23(10-8-22)19-26(31)35-3/h5-14H,1-2,15-21H2,3-4H3. The predicted octanol–water partition coefficient (Wildman–Crippen LogP) is 3.74.